The molecule has 7 aromatic heterocycles. The zero-order chi connectivity index (χ0) is 102. The topological polar surface area (TPSA) is 456 Å². The summed E-state index contributed by atoms with van der Waals surface area (Å²) < 4.78 is 274. The van der Waals surface area contributed by atoms with Crippen LogP contribution >= 0.6 is 46.9 Å². The van der Waals surface area contributed by atoms with Gasteiger partial charge in [0, 0.05) is 112 Å². The Balaban J connectivity index is 0.000000181. The van der Waals surface area contributed by atoms with Crippen LogP contribution in [0.2, 0.25) is 5.02 Å². The van der Waals surface area contributed by atoms with Gasteiger partial charge in [-0.05, 0) is 177 Å². The minimum atomic E-state index is -6.93. The van der Waals surface area contributed by atoms with Crippen LogP contribution in [0, 0.1) is 17.8 Å². The molecule has 11 aromatic rings. The van der Waals surface area contributed by atoms with Crippen molar-refractivity contribution in [2.45, 2.75) is 79.7 Å². The second-order valence-electron chi connectivity index (χ2n) is 30.3. The third-order valence-electron chi connectivity index (χ3n) is 20.2. The second-order valence-corrected chi connectivity index (χ2v) is 44.2. The first kappa shape index (κ1) is 112. The molecule has 4 saturated heterocycles. The summed E-state index contributed by atoms with van der Waals surface area (Å²) >= 11 is 10.6. The van der Waals surface area contributed by atoms with Gasteiger partial charge in [-0.15, -0.1) is 3.71 Å². The number of hydrogen-bond donors (Lipinski definition) is 6. The number of alkyl halides is 9. The number of ether oxygens (including phenoxy) is 2. The van der Waals surface area contributed by atoms with Crippen molar-refractivity contribution in [3.05, 3.63) is 269 Å². The zero-order valence-corrected chi connectivity index (χ0v) is 80.2. The van der Waals surface area contributed by atoms with E-state index in [1.165, 1.54) is 60.7 Å². The molecule has 748 valence electrons. The van der Waals surface area contributed by atoms with Gasteiger partial charge in [0.05, 0.1) is 70.4 Å². The fourth-order valence-electron chi connectivity index (χ4n) is 12.8. The van der Waals surface area contributed by atoms with E-state index in [1.807, 2.05) is 84.2 Å². The number of nitrogens with zero attached hydrogens (tertiary/aromatic N) is 9. The van der Waals surface area contributed by atoms with Crippen LogP contribution in [0.4, 0.5) is 58.5 Å². The van der Waals surface area contributed by atoms with Crippen LogP contribution in [0.3, 0.4) is 0 Å². The van der Waals surface area contributed by atoms with Crippen LogP contribution in [-0.4, -0.2) is 244 Å². The molecule has 31 nitrogen and oxygen atoms in total. The van der Waals surface area contributed by atoms with Gasteiger partial charge in [-0.1, -0.05) is 60.1 Å². The first-order valence-corrected chi connectivity index (χ1v) is 53.2. The fourth-order valence-corrected chi connectivity index (χ4v) is 21.7. The maximum absolute atomic E-state index is 13.3. The Morgan fingerprint density at radius 2 is 1.01 bits per heavy atom. The van der Waals surface area contributed by atoms with Gasteiger partial charge < -0.3 is 38.8 Å². The number of Topliss-reactive ketones (excluding diaryl/α,β-unsaturated/α-hetero) is 1. The monoisotopic (exact) mass is 2120 g/mol. The van der Waals surface area contributed by atoms with Gasteiger partial charge in [-0.3, -0.25) is 14.4 Å². The van der Waals surface area contributed by atoms with Crippen molar-refractivity contribution in [3.63, 3.8) is 0 Å². The SMILES string of the molecule is C[N+]1(O)CCOCC1.Fc1ncccc1C1=CCSCC1.O=C(c1ccc(O)cc1)c1nc2ccccc2[nH]1.O=C(c1ccc(Oc2ncccc2C2CCS(=O)(=O)CC2)cc1)c1nc2ccccc2[nH]1.O=C1CCSCC1.O=S(=O)(N(c1ccc(Cl)cn1)S(=O)(=O)C(F)(F)F)C(F)(F)F.O=S(=O)(OC1=CCSCC1)C(F)(F)F.O=S1(=O)CCC(c2cccnc2F)CC1.OB(O)c1cccnc1F. The lowest BCUT2D eigenvalue weighted by molar-refractivity contribution is -1.09. The Morgan fingerprint density at radius 3 is 1.42 bits per heavy atom. The third kappa shape index (κ3) is 33.8. The van der Waals surface area contributed by atoms with Gasteiger partial charge in [0.25, 0.3) is 0 Å². The van der Waals surface area contributed by atoms with Gasteiger partial charge in [0.1, 0.15) is 55.8 Å². The van der Waals surface area contributed by atoms with E-state index in [-0.39, 0.29) is 91.5 Å². The number of carbonyl (C=O) groups is 3. The molecule has 6 aliphatic rings. The van der Waals surface area contributed by atoms with E-state index in [0.29, 0.717) is 114 Å². The minimum absolute atomic E-state index is 0.00206. The molecule has 6 N–H and O–H groups in total. The molecule has 13 heterocycles. The maximum Gasteiger partial charge on any atom is 0.534 e. The van der Waals surface area contributed by atoms with Crippen LogP contribution in [0.1, 0.15) is 112 Å². The molecule has 17 rings (SSSR count). The number of sulfone groups is 2. The fraction of sp³-hybridized carbons (Fsp3) is 0.326. The highest BCUT2D eigenvalue weighted by Gasteiger charge is 2.62. The van der Waals surface area contributed by atoms with Gasteiger partial charge in [0.2, 0.25) is 35.3 Å². The molecule has 0 atom stereocenters. The summed E-state index contributed by atoms with van der Waals surface area (Å²) in [5, 5.41) is 35.1. The van der Waals surface area contributed by atoms with E-state index in [2.05, 4.69) is 55.1 Å². The number of fused-ring (bicyclic) bond motifs is 2. The Labute approximate surface area is 807 Å². The molecule has 6 aliphatic heterocycles. The quantitative estimate of drug-likeness (QED) is 0.0106. The lowest BCUT2D eigenvalue weighted by atomic mass is 9.81. The normalized spacial score (nSPS) is 16.5. The largest absolute Gasteiger partial charge is 0.534 e. The average Bonchev–Trinajstić information content (AvgIpc) is 1.73. The van der Waals surface area contributed by atoms with E-state index in [4.69, 9.17) is 31.1 Å². The minimum Gasteiger partial charge on any atom is -0.508 e. The number of ketones is 3. The van der Waals surface area contributed by atoms with E-state index in [1.54, 1.807) is 73.9 Å². The number of sulfonamides is 2. The molecule has 0 aliphatic carbocycles. The standard InChI is InChI=1S/C24H21N3O4S.C14H10N2O2.C10H12FNO2S.C10H10FNS.C7H3ClF6N2O4S2.C6H7F3O3S2.C5H5BFNO2.C5H12NO2.C5H8OS/c28-22(23-26-20-5-1-2-6-21(20)27-23)17-7-9-18(10-8-17)31-24-19(4-3-13-25-24)16-11-14-32(29,30)15-12-16;17-10-7-5-9(6-8-10)13(18)14-15-11-3-1-2-4-12(11)16-14;11-10-9(2-1-5-12-10)8-3-6-15(13,14)7-4-8;11-10-9(2-1-5-12-10)8-3-6-13-7-4-8;8-4-1-2-5(15-3-4)16(21(17,18)6(9,10)11)22(19,20)7(12,13)14;7-6(8,9)14(10,11)12-5-1-3-13-4-2-5;7-5-4(6(9)10)2-1-3-8-5;1-6(7)2-4-8-5-3-6;6-5-1-3-7-4-2-5/h1-10,13,16H,11-12,14-15H2,(H,26,27);1-8,17H,(H,15,16);1-2,5,8H,3-4,6-7H2;1-3,5H,4,6-7H2;1-3H;1H,2-4H2;1-3,9-10H;7H,2-5H2,1H3;1-4H2/q;;;;;;;+1;. The summed E-state index contributed by atoms with van der Waals surface area (Å²) in [7, 11) is -25.1. The molecule has 4 fully saturated rings. The molecule has 53 heteroatoms. The summed E-state index contributed by atoms with van der Waals surface area (Å²) in [6.45, 7) is 2.82. The van der Waals surface area contributed by atoms with Crippen LogP contribution in [0.25, 0.3) is 27.6 Å². The molecule has 0 spiro atoms. The lowest BCUT2D eigenvalue weighted by Crippen LogP contribution is -2.49. The number of morpholine rings is 1. The van der Waals surface area contributed by atoms with Crippen molar-refractivity contribution < 1.29 is 148 Å². The Hall–Kier alpha value is -10.6. The Morgan fingerprint density at radius 1 is 0.547 bits per heavy atom. The number of phenols is 1. The molecular weight excluding hydrogens is 2040 g/mol. The van der Waals surface area contributed by atoms with E-state index >= 15 is 0 Å². The van der Waals surface area contributed by atoms with E-state index in [9.17, 15) is 119 Å². The first-order valence-electron chi connectivity index (χ1n) is 41.4. The number of quaternary nitrogens is 1. The molecule has 0 saturated carbocycles. The number of likely N-dealkylation sites (N-methyl/N-ethyl adjacent to an activating group) is 1. The number of hydroxylamine groups is 3. The number of allylic oxidation sites excluding steroid dienone is 2. The number of pyridine rings is 5. The highest BCUT2D eigenvalue weighted by atomic mass is 35.5. The van der Waals surface area contributed by atoms with Gasteiger partial charge >= 0.3 is 53.8 Å². The van der Waals surface area contributed by atoms with Crippen molar-refractivity contribution in [3.8, 4) is 17.4 Å². The average molecular weight is 2130 g/mol. The van der Waals surface area contributed by atoms with E-state index in [0.717, 1.165) is 88.6 Å². The summed E-state index contributed by atoms with van der Waals surface area (Å²) in [6, 6.07) is 42.2. The number of imidazole rings is 2. The molecule has 139 heavy (non-hydrogen) atoms. The Kier molecular flexibility index (Phi) is 40.8. The number of H-pyrrole nitrogens is 2. The summed E-state index contributed by atoms with van der Waals surface area (Å²) in [6.07, 6.45) is 14.6. The van der Waals surface area contributed by atoms with Crippen LogP contribution in [-0.2, 0) is 63.6 Å². The van der Waals surface area contributed by atoms with Crippen molar-refractivity contribution in [2.24, 2.45) is 0 Å². The van der Waals surface area contributed by atoms with Crippen molar-refractivity contribution in [1.29, 1.82) is 0 Å². The smallest absolute Gasteiger partial charge is 0.508 e. The lowest BCUT2D eigenvalue weighted by Gasteiger charge is -2.28. The van der Waals surface area contributed by atoms with Crippen molar-refractivity contribution in [1.82, 2.24) is 44.9 Å². The molecule has 0 amide bonds. The maximum atomic E-state index is 13.3. The van der Waals surface area contributed by atoms with Crippen LogP contribution in [0.5, 0.6) is 17.4 Å². The zero-order valence-electron chi connectivity index (χ0n) is 72.9. The van der Waals surface area contributed by atoms with Gasteiger partial charge in [-0.2, -0.15) is 118 Å². The Bertz CT molecular complexity index is 6540. The van der Waals surface area contributed by atoms with E-state index < -0.39 is 94.9 Å². The van der Waals surface area contributed by atoms with Crippen molar-refractivity contribution in [2.75, 3.05) is 94.6 Å². The summed E-state index contributed by atoms with van der Waals surface area (Å²) in [5.74, 6) is 4.38. The number of rotatable bonds is 15. The highest BCUT2D eigenvalue weighted by molar-refractivity contribution is 8.11. The summed E-state index contributed by atoms with van der Waals surface area (Å²) in [5.41, 5.74) is -10.8. The number of hydrogen-bond acceptors (Lipinski definition) is 30. The van der Waals surface area contributed by atoms with Gasteiger partial charge in [0.15, 0.2) is 17.5 Å². The number of halogens is 13. The third-order valence-corrected chi connectivity index (χ3v) is 31.2. The summed E-state index contributed by atoms with van der Waals surface area (Å²) in [4.78, 5) is 67.7. The molecule has 0 radical (unpaired) electrons. The number of nitrogens with one attached hydrogen (secondary N) is 2. The highest BCUT2D eigenvalue weighted by Crippen LogP contribution is 2.41. The second kappa shape index (κ2) is 50.7. The van der Waals surface area contributed by atoms with Crippen LogP contribution in [0.15, 0.2) is 207 Å². The van der Waals surface area contributed by atoms with Crippen molar-refractivity contribution >= 4 is 160 Å². The molecular formula is C86H88BClF12N11O20S8+. The van der Waals surface area contributed by atoms with Crippen LogP contribution < -0.4 is 13.9 Å². The number of aromatic amines is 2. The predicted molar refractivity (Wildman–Crippen MR) is 499 cm³/mol. The first-order chi connectivity index (χ1) is 65.4. The number of aromatic nitrogens is 9. The van der Waals surface area contributed by atoms with Gasteiger partial charge in [-0.25, -0.2) is 56.9 Å². The number of thioether (sulfide) groups is 3. The predicted octanol–water partition coefficient (Wildman–Crippen LogP) is 15.0. The molecule has 0 bridgehead atoms. The number of aromatic hydroxyl groups is 1. The molecule has 4 aromatic carbocycles. The number of anilines is 1. The number of benzene rings is 4. The number of carbonyl (C=O) groups excluding carboxylic acids is 3. The number of para-hydroxylation sites is 4. The molecule has 0 unspecified atom stereocenters. The number of phenolic OH excluding ortho intramolecular Hbond substituents is 1.